The number of unbranched alkanes of at least 4 members (excludes halogenated alkanes) is 8. The standard InChI is InChI=1S/C21H32N2O5.C20H30N2O6.C15H22N2O5.C10H22N2O2.C10H10O6.C8H8O4/c1-15-11-17(16(2)24)13-18(12-15)27-14-19(25)22-9-7-6-8-10-23-20(26)28-21(3,4)5;1-14(23)15-10-16(24)12-17(11-15)27-13-18(25)21-8-6-5-7-9-22-19(26)28-20(2,3)4;1-21-15(20)11-7-12(18)9-13(8-11)22-10-14(19)17-6-4-2-3-5-16;1-10(2,3)14-9(13)12-8-6-4-5-7-11;1-15-10(14)6-2-7(11)4-8(3-6)16-5-9(12)13;1-12-8(11)5-2-6(9)4-7(10)3-5/h11-13H,6-10,14H2,1-5H3,(H,22,25)(H,23,26);10-12,24H,5-9,13H2,1-4H3,(H,21,25)(H,22,26);7-9,18H,2-6,10,16H2,1H3,(H,17,19);4-8,11H2,1-3H3,(H,12,13);2-4,11H,5H2,1H3,(H,12,13);2-4,9-10H,1H3. The third-order valence-electron chi connectivity index (χ3n) is 14.6. The summed E-state index contributed by atoms with van der Waals surface area (Å²) in [5.74, 6) is -3.70. The van der Waals surface area contributed by atoms with Crippen LogP contribution in [0, 0.1) is 6.92 Å². The minimum absolute atomic E-state index is 0.0424. The number of carbonyl (C=O) groups excluding carboxylic acids is 11. The van der Waals surface area contributed by atoms with Gasteiger partial charge in [-0.1, -0.05) is 12.8 Å². The van der Waals surface area contributed by atoms with E-state index in [9.17, 15) is 72.9 Å². The van der Waals surface area contributed by atoms with Crippen LogP contribution in [0.5, 0.6) is 51.7 Å². The fourth-order valence-electron chi connectivity index (χ4n) is 9.23. The number of ketones is 2. The zero-order valence-electron chi connectivity index (χ0n) is 71.5. The summed E-state index contributed by atoms with van der Waals surface area (Å²) in [5.41, 5.74) is 11.4. The molecule has 120 heavy (non-hydrogen) atoms. The maximum Gasteiger partial charge on any atom is 0.407 e. The molecule has 0 aliphatic rings. The number of nitrogens with one attached hydrogen (secondary N) is 6. The fraction of sp³-hybridized carbons (Fsp3) is 0.500. The Morgan fingerprint density at radius 3 is 0.833 bits per heavy atom. The van der Waals surface area contributed by atoms with Gasteiger partial charge in [0, 0.05) is 74.7 Å². The molecule has 0 saturated carbocycles. The first-order valence-corrected chi connectivity index (χ1v) is 38.6. The van der Waals surface area contributed by atoms with Gasteiger partial charge in [-0.05, 0) is 233 Å². The van der Waals surface area contributed by atoms with E-state index >= 15 is 0 Å². The lowest BCUT2D eigenvalue weighted by Gasteiger charge is -2.19. The summed E-state index contributed by atoms with van der Waals surface area (Å²) in [6, 6.07) is 20.6. The van der Waals surface area contributed by atoms with E-state index in [1.165, 1.54) is 102 Å². The van der Waals surface area contributed by atoms with E-state index in [1.807, 2.05) is 69.2 Å². The van der Waals surface area contributed by atoms with Crippen molar-refractivity contribution < 1.29 is 136 Å². The second-order valence-electron chi connectivity index (χ2n) is 29.2. The quantitative estimate of drug-likeness (QED) is 0.00752. The number of alkyl carbamates (subject to hydrolysis) is 3. The van der Waals surface area contributed by atoms with E-state index in [1.54, 1.807) is 18.2 Å². The Morgan fingerprint density at radius 1 is 0.317 bits per heavy atom. The zero-order valence-corrected chi connectivity index (χ0v) is 71.5. The first-order valence-electron chi connectivity index (χ1n) is 38.6. The molecule has 16 N–H and O–H groups in total. The highest BCUT2D eigenvalue weighted by Gasteiger charge is 2.20. The second kappa shape index (κ2) is 59.3. The number of esters is 3. The molecule has 0 aliphatic carbocycles. The minimum atomic E-state index is -1.15. The largest absolute Gasteiger partial charge is 0.508 e. The number of Topliss-reactive ketones (excluding diaryl/α,β-unsaturated/α-hetero) is 2. The molecule has 0 aliphatic heterocycles. The van der Waals surface area contributed by atoms with Crippen molar-refractivity contribution in [1.82, 2.24) is 31.9 Å². The molecule has 0 radical (unpaired) electrons. The number of carboxylic acids is 1. The van der Waals surface area contributed by atoms with Crippen molar-refractivity contribution in [1.29, 1.82) is 0 Å². The molecular formula is C84H124N8O28. The third kappa shape index (κ3) is 56.9. The number of ether oxygens (including phenoxy) is 10. The van der Waals surface area contributed by atoms with Gasteiger partial charge in [0.15, 0.2) is 38.0 Å². The molecule has 0 fully saturated rings. The molecule has 0 spiro atoms. The van der Waals surface area contributed by atoms with Gasteiger partial charge in [0.1, 0.15) is 68.5 Å². The van der Waals surface area contributed by atoms with Crippen molar-refractivity contribution in [3.8, 4) is 51.7 Å². The van der Waals surface area contributed by atoms with E-state index in [0.717, 1.165) is 88.7 Å². The van der Waals surface area contributed by atoms with Crippen LogP contribution in [0.4, 0.5) is 14.4 Å². The molecule has 0 unspecified atom stereocenters. The van der Waals surface area contributed by atoms with Gasteiger partial charge < -0.3 is 121 Å². The van der Waals surface area contributed by atoms with Crippen molar-refractivity contribution in [2.24, 2.45) is 11.5 Å². The number of phenols is 5. The maximum atomic E-state index is 11.9. The van der Waals surface area contributed by atoms with E-state index in [2.05, 4.69) is 46.1 Å². The molecule has 5 rings (SSSR count). The highest BCUT2D eigenvalue weighted by Crippen LogP contribution is 2.26. The highest BCUT2D eigenvalue weighted by atomic mass is 16.6. The molecule has 36 heteroatoms. The Kier molecular flexibility index (Phi) is 53.2. The Labute approximate surface area is 700 Å². The van der Waals surface area contributed by atoms with Crippen molar-refractivity contribution >= 4 is 71.4 Å². The lowest BCUT2D eigenvalue weighted by Crippen LogP contribution is -2.33. The summed E-state index contributed by atoms with van der Waals surface area (Å²) in [5, 5.41) is 71.0. The zero-order chi connectivity index (χ0) is 91.0. The summed E-state index contributed by atoms with van der Waals surface area (Å²) in [7, 11) is 3.67. The van der Waals surface area contributed by atoms with Gasteiger partial charge in [-0.2, -0.15) is 0 Å². The van der Waals surface area contributed by atoms with Gasteiger partial charge >= 0.3 is 42.2 Å². The van der Waals surface area contributed by atoms with Gasteiger partial charge in [0.05, 0.1) is 38.0 Å². The SMILES string of the molecule is CC(=O)c1cc(C)cc(OCC(=O)NCCCCCNC(=O)OC(C)(C)C)c1.CC(=O)c1cc(O)cc(OCC(=O)NCCCCCNC(=O)OC(C)(C)C)c1.CC(C)(C)OC(=O)NCCCCCN.COC(=O)c1cc(O)cc(O)c1.COC(=O)c1cc(O)cc(OCC(=O)NCCCCCN)c1.COC(=O)c1cc(O)cc(OCC(=O)O)c1. The second-order valence-corrected chi connectivity index (χ2v) is 29.2. The third-order valence-corrected chi connectivity index (χ3v) is 14.6. The number of aromatic hydroxyl groups is 5. The summed E-state index contributed by atoms with van der Waals surface area (Å²) in [6.07, 6.45) is 9.46. The Balaban J connectivity index is 0.00000145. The van der Waals surface area contributed by atoms with Crippen molar-refractivity contribution in [3.63, 3.8) is 0 Å². The van der Waals surface area contributed by atoms with Crippen LogP contribution in [0.25, 0.3) is 0 Å². The lowest BCUT2D eigenvalue weighted by atomic mass is 10.1. The van der Waals surface area contributed by atoms with Crippen LogP contribution in [-0.2, 0) is 47.6 Å². The number of rotatable bonds is 39. The smallest absolute Gasteiger partial charge is 0.407 e. The van der Waals surface area contributed by atoms with Gasteiger partial charge in [-0.15, -0.1) is 0 Å². The van der Waals surface area contributed by atoms with Gasteiger partial charge in [0.25, 0.3) is 17.7 Å². The molecule has 0 bridgehead atoms. The number of hydrogen-bond donors (Lipinski definition) is 14. The summed E-state index contributed by atoms with van der Waals surface area (Å²) >= 11 is 0. The minimum Gasteiger partial charge on any atom is -0.508 e. The average Bonchev–Trinajstić information content (AvgIpc) is 0.875. The number of aliphatic carboxylic acids is 1. The number of phenolic OH excluding ortho intramolecular Hbond substituents is 5. The predicted molar refractivity (Wildman–Crippen MR) is 444 cm³/mol. The number of carbonyl (C=O) groups is 12. The molecule has 5 aromatic carbocycles. The van der Waals surface area contributed by atoms with E-state index < -0.39 is 59.5 Å². The molecule has 5 aromatic rings. The number of aryl methyl sites for hydroxylation is 1. The number of amides is 6. The molecule has 668 valence electrons. The van der Waals surface area contributed by atoms with Gasteiger partial charge in [0.2, 0.25) is 0 Å². The van der Waals surface area contributed by atoms with Crippen LogP contribution < -0.4 is 62.3 Å². The lowest BCUT2D eigenvalue weighted by molar-refractivity contribution is -0.139. The first kappa shape index (κ1) is 108. The summed E-state index contributed by atoms with van der Waals surface area (Å²) in [6.45, 7) is 24.8. The van der Waals surface area contributed by atoms with E-state index in [0.29, 0.717) is 69.2 Å². The summed E-state index contributed by atoms with van der Waals surface area (Å²) in [4.78, 5) is 136. The van der Waals surface area contributed by atoms with Crippen molar-refractivity contribution in [2.75, 3.05) is 100 Å². The average molecular weight is 1690 g/mol. The topological polar surface area (TPSA) is 543 Å². The molecule has 36 nitrogen and oxygen atoms in total. The van der Waals surface area contributed by atoms with Gasteiger partial charge in [-0.25, -0.2) is 33.6 Å². The molecule has 0 atom stereocenters. The number of methoxy groups -OCH3 is 3. The summed E-state index contributed by atoms with van der Waals surface area (Å²) < 4.78 is 49.6. The van der Waals surface area contributed by atoms with Crippen LogP contribution >= 0.6 is 0 Å². The number of carboxylic acid groups (broad SMARTS) is 1. The first-order chi connectivity index (χ1) is 56.3. The Morgan fingerprint density at radius 2 is 0.558 bits per heavy atom. The van der Waals surface area contributed by atoms with Crippen LogP contribution in [0.15, 0.2) is 91.0 Å². The predicted octanol–water partition coefficient (Wildman–Crippen LogP) is 10.1. The van der Waals surface area contributed by atoms with Gasteiger partial charge in [-0.3, -0.25) is 24.0 Å². The molecule has 0 saturated heterocycles. The highest BCUT2D eigenvalue weighted by molar-refractivity contribution is 5.96. The van der Waals surface area contributed by atoms with E-state index in [4.69, 9.17) is 59.9 Å². The number of benzene rings is 5. The van der Waals surface area contributed by atoms with Crippen LogP contribution in [0.3, 0.4) is 0 Å². The monoisotopic (exact) mass is 1690 g/mol. The molecule has 0 heterocycles. The molecule has 6 amide bonds. The van der Waals surface area contributed by atoms with Crippen LogP contribution in [-0.4, -0.2) is 219 Å². The van der Waals surface area contributed by atoms with Crippen molar-refractivity contribution in [3.05, 3.63) is 124 Å². The Hall–Kier alpha value is -12.3. The maximum absolute atomic E-state index is 11.9. The van der Waals surface area contributed by atoms with Crippen LogP contribution in [0.1, 0.15) is 211 Å². The van der Waals surface area contributed by atoms with E-state index in [-0.39, 0.29) is 118 Å². The van der Waals surface area contributed by atoms with Crippen molar-refractivity contribution in [2.45, 2.75) is 177 Å². The normalized spacial score (nSPS) is 10.4. The molecular weight excluding hydrogens is 1570 g/mol. The number of hydrogen-bond acceptors (Lipinski definition) is 29. The fourth-order valence-corrected chi connectivity index (χ4v) is 9.23. The van der Waals surface area contributed by atoms with Crippen LogP contribution in [0.2, 0.25) is 0 Å². The molecule has 0 aromatic heterocycles. The number of nitrogens with two attached hydrogens (primary N) is 2. The Bertz CT molecular complexity index is 3880.